The molecular formula is C21H20ClN3O5S. The van der Waals surface area contributed by atoms with Gasteiger partial charge in [-0.05, 0) is 43.2 Å². The first kappa shape index (κ1) is 22.5. The maximum Gasteiger partial charge on any atom is 0.337 e. The number of carbonyl (C=O) groups is 1. The predicted octanol–water partition coefficient (Wildman–Crippen LogP) is 4.01. The molecule has 0 fully saturated rings. The van der Waals surface area contributed by atoms with Crippen molar-refractivity contribution in [1.29, 1.82) is 0 Å². The van der Waals surface area contributed by atoms with Gasteiger partial charge in [-0.15, -0.1) is 0 Å². The second-order valence-corrected chi connectivity index (χ2v) is 8.65. The summed E-state index contributed by atoms with van der Waals surface area (Å²) in [5, 5.41) is -0.0452. The molecule has 0 atom stereocenters. The van der Waals surface area contributed by atoms with Gasteiger partial charge in [0, 0.05) is 5.56 Å². The van der Waals surface area contributed by atoms with E-state index in [1.165, 1.54) is 38.5 Å². The molecule has 162 valence electrons. The zero-order chi connectivity index (χ0) is 22.8. The highest BCUT2D eigenvalue weighted by molar-refractivity contribution is 7.92. The Labute approximate surface area is 185 Å². The summed E-state index contributed by atoms with van der Waals surface area (Å²) in [6, 6.07) is 11.1. The monoisotopic (exact) mass is 461 g/mol. The Morgan fingerprint density at radius 1 is 1.03 bits per heavy atom. The second kappa shape index (κ2) is 8.91. The van der Waals surface area contributed by atoms with Crippen molar-refractivity contribution in [2.45, 2.75) is 18.7 Å². The normalized spacial score (nSPS) is 11.1. The van der Waals surface area contributed by atoms with Gasteiger partial charge in [0.05, 0.1) is 24.7 Å². The molecule has 0 saturated carbocycles. The van der Waals surface area contributed by atoms with E-state index in [9.17, 15) is 13.2 Å². The van der Waals surface area contributed by atoms with Gasteiger partial charge in [-0.25, -0.2) is 22.9 Å². The molecule has 10 heteroatoms. The molecule has 0 spiro atoms. The van der Waals surface area contributed by atoms with Crippen LogP contribution in [0.5, 0.6) is 5.75 Å². The zero-order valence-corrected chi connectivity index (χ0v) is 18.8. The molecular weight excluding hydrogens is 442 g/mol. The molecule has 0 radical (unpaired) electrons. The van der Waals surface area contributed by atoms with Crippen LogP contribution in [0.25, 0.3) is 11.3 Å². The summed E-state index contributed by atoms with van der Waals surface area (Å²) >= 11 is 6.28. The van der Waals surface area contributed by atoms with Crippen LogP contribution in [0.1, 0.15) is 21.5 Å². The van der Waals surface area contributed by atoms with Crippen LogP contribution in [0.2, 0.25) is 5.15 Å². The van der Waals surface area contributed by atoms with E-state index in [1.54, 1.807) is 0 Å². The molecule has 0 aliphatic carbocycles. The number of halogens is 1. The Bertz CT molecular complexity index is 1240. The van der Waals surface area contributed by atoms with E-state index in [4.69, 9.17) is 16.3 Å². The van der Waals surface area contributed by atoms with Gasteiger partial charge in [-0.3, -0.25) is 0 Å². The number of methoxy groups -OCH3 is 2. The number of anilines is 1. The standard InChI is InChI=1S/C21H20ClN3O5S/c1-12-7-5-8-13(2)16(12)17-18(29-3)19(22)24-21(23-17)25-31(27,28)15-10-6-9-14(11-15)20(26)30-4/h5-11H,1-4H3,(H,23,24,25). The lowest BCUT2D eigenvalue weighted by Crippen LogP contribution is -2.16. The number of nitrogens with one attached hydrogen (secondary N) is 1. The van der Waals surface area contributed by atoms with E-state index in [1.807, 2.05) is 32.0 Å². The van der Waals surface area contributed by atoms with E-state index >= 15 is 0 Å². The van der Waals surface area contributed by atoms with E-state index in [2.05, 4.69) is 19.4 Å². The minimum absolute atomic E-state index is 0.0452. The number of carbonyl (C=O) groups excluding carboxylic acids is 1. The van der Waals surface area contributed by atoms with Gasteiger partial charge in [0.25, 0.3) is 10.0 Å². The number of nitrogens with zero attached hydrogens (tertiary/aromatic N) is 2. The predicted molar refractivity (Wildman–Crippen MR) is 117 cm³/mol. The number of aryl methyl sites for hydroxylation is 2. The summed E-state index contributed by atoms with van der Waals surface area (Å²) in [6.07, 6.45) is 0. The highest BCUT2D eigenvalue weighted by atomic mass is 35.5. The molecule has 0 unspecified atom stereocenters. The fraction of sp³-hybridized carbons (Fsp3) is 0.190. The van der Waals surface area contributed by atoms with Crippen molar-refractivity contribution in [3.8, 4) is 17.0 Å². The van der Waals surface area contributed by atoms with Gasteiger partial charge in [-0.1, -0.05) is 35.9 Å². The summed E-state index contributed by atoms with van der Waals surface area (Å²) in [5.41, 5.74) is 3.03. The van der Waals surface area contributed by atoms with Crippen molar-refractivity contribution in [2.24, 2.45) is 0 Å². The van der Waals surface area contributed by atoms with Crippen molar-refractivity contribution in [2.75, 3.05) is 18.9 Å². The number of hydrogen-bond acceptors (Lipinski definition) is 7. The number of ether oxygens (including phenoxy) is 2. The lowest BCUT2D eigenvalue weighted by atomic mass is 9.99. The maximum absolute atomic E-state index is 12.9. The topological polar surface area (TPSA) is 107 Å². The van der Waals surface area contributed by atoms with Crippen molar-refractivity contribution < 1.29 is 22.7 Å². The molecule has 0 amide bonds. The number of rotatable bonds is 6. The third-order valence-electron chi connectivity index (χ3n) is 4.54. The van der Waals surface area contributed by atoms with E-state index in [-0.39, 0.29) is 27.3 Å². The molecule has 1 heterocycles. The van der Waals surface area contributed by atoms with Gasteiger partial charge < -0.3 is 9.47 Å². The number of esters is 1. The lowest BCUT2D eigenvalue weighted by molar-refractivity contribution is 0.0600. The van der Waals surface area contributed by atoms with Gasteiger partial charge in [-0.2, -0.15) is 4.98 Å². The fourth-order valence-corrected chi connectivity index (χ4v) is 4.33. The Morgan fingerprint density at radius 3 is 2.29 bits per heavy atom. The molecule has 3 rings (SSSR count). The van der Waals surface area contributed by atoms with Gasteiger partial charge in [0.1, 0.15) is 5.69 Å². The number of benzene rings is 2. The summed E-state index contributed by atoms with van der Waals surface area (Å²) in [4.78, 5) is 20.0. The van der Waals surface area contributed by atoms with Crippen molar-refractivity contribution in [3.63, 3.8) is 0 Å². The van der Waals surface area contributed by atoms with Gasteiger partial charge in [0.15, 0.2) is 10.9 Å². The Balaban J connectivity index is 2.09. The third-order valence-corrected chi connectivity index (χ3v) is 6.12. The minimum atomic E-state index is -4.12. The first-order chi connectivity index (χ1) is 14.7. The SMILES string of the molecule is COC(=O)c1cccc(S(=O)(=O)Nc2nc(Cl)c(OC)c(-c3c(C)cccc3C)n2)c1. The molecule has 0 saturated heterocycles. The third kappa shape index (κ3) is 4.62. The highest BCUT2D eigenvalue weighted by Crippen LogP contribution is 2.37. The maximum atomic E-state index is 12.9. The smallest absolute Gasteiger partial charge is 0.337 e. The molecule has 1 aromatic heterocycles. The van der Waals surface area contributed by atoms with Crippen molar-refractivity contribution in [3.05, 3.63) is 64.3 Å². The highest BCUT2D eigenvalue weighted by Gasteiger charge is 2.23. The lowest BCUT2D eigenvalue weighted by Gasteiger charge is -2.15. The molecule has 0 aliphatic rings. The van der Waals surface area contributed by atoms with Gasteiger partial charge in [0.2, 0.25) is 5.95 Å². The molecule has 1 N–H and O–H groups in total. The average molecular weight is 462 g/mol. The largest absolute Gasteiger partial charge is 0.491 e. The average Bonchev–Trinajstić information content (AvgIpc) is 2.72. The van der Waals surface area contributed by atoms with E-state index in [0.717, 1.165) is 16.7 Å². The van der Waals surface area contributed by atoms with Crippen molar-refractivity contribution in [1.82, 2.24) is 9.97 Å². The molecule has 2 aromatic carbocycles. The Hall–Kier alpha value is -3.17. The van der Waals surface area contributed by atoms with Crippen LogP contribution >= 0.6 is 11.6 Å². The Morgan fingerprint density at radius 2 is 1.68 bits per heavy atom. The van der Waals surface area contributed by atoms with E-state index < -0.39 is 16.0 Å². The quantitative estimate of drug-likeness (QED) is 0.436. The molecule has 8 nitrogen and oxygen atoms in total. The first-order valence-electron chi connectivity index (χ1n) is 9.07. The molecule has 3 aromatic rings. The van der Waals surface area contributed by atoms with Crippen LogP contribution < -0.4 is 9.46 Å². The summed E-state index contributed by atoms with van der Waals surface area (Å²) < 4.78 is 38.1. The van der Waals surface area contributed by atoms with Gasteiger partial charge >= 0.3 is 5.97 Å². The second-order valence-electron chi connectivity index (χ2n) is 6.61. The van der Waals surface area contributed by atoms with Crippen molar-refractivity contribution >= 4 is 33.5 Å². The first-order valence-corrected chi connectivity index (χ1v) is 10.9. The number of sulfonamides is 1. The van der Waals surface area contributed by atoms with Crippen LogP contribution in [0.4, 0.5) is 5.95 Å². The van der Waals surface area contributed by atoms with Crippen LogP contribution in [0, 0.1) is 13.8 Å². The molecule has 0 bridgehead atoms. The Kier molecular flexibility index (Phi) is 6.47. The van der Waals surface area contributed by atoms with Crippen LogP contribution in [0.3, 0.4) is 0 Å². The summed E-state index contributed by atoms with van der Waals surface area (Å²) in [7, 11) is -1.47. The zero-order valence-electron chi connectivity index (χ0n) is 17.3. The van der Waals surface area contributed by atoms with Crippen LogP contribution in [-0.2, 0) is 14.8 Å². The summed E-state index contributed by atoms with van der Waals surface area (Å²) in [6.45, 7) is 3.81. The molecule has 0 aliphatic heterocycles. The number of aromatic nitrogens is 2. The minimum Gasteiger partial charge on any atom is -0.491 e. The molecule has 31 heavy (non-hydrogen) atoms. The summed E-state index contributed by atoms with van der Waals surface area (Å²) in [5.74, 6) is -0.653. The van der Waals surface area contributed by atoms with Crippen LogP contribution in [0.15, 0.2) is 47.4 Å². The van der Waals surface area contributed by atoms with Crippen LogP contribution in [-0.4, -0.2) is 38.6 Å². The van der Waals surface area contributed by atoms with E-state index in [0.29, 0.717) is 5.69 Å². The fourth-order valence-electron chi connectivity index (χ4n) is 3.09. The number of hydrogen-bond donors (Lipinski definition) is 1.